The Kier molecular flexibility index (Phi) is 10.2. The van der Waals surface area contributed by atoms with Gasteiger partial charge in [0.2, 0.25) is 0 Å². The first-order valence-electron chi connectivity index (χ1n) is 23.2. The molecule has 0 bridgehead atoms. The zero-order valence-corrected chi connectivity index (χ0v) is 37.3. The number of aliphatic imine (C=N–C) groups is 1. The number of nitrogens with zero attached hydrogens (tertiary/aromatic N) is 2. The number of nitrogens with one attached hydrogen (secondary N) is 1. The number of hydrogen-bond acceptors (Lipinski definition) is 3. The van der Waals surface area contributed by atoms with Crippen molar-refractivity contribution in [1.82, 2.24) is 0 Å². The summed E-state index contributed by atoms with van der Waals surface area (Å²) in [5.74, 6) is 0. The van der Waals surface area contributed by atoms with E-state index in [1.165, 1.54) is 55.9 Å². The number of fused-ring (bicyclic) bond motifs is 9. The molecule has 3 heteroatoms. The monoisotopic (exact) mass is 867 g/mol. The molecule has 0 fully saturated rings. The lowest BCUT2D eigenvalue weighted by Crippen LogP contribution is -2.36. The first-order valence-corrected chi connectivity index (χ1v) is 23.2. The van der Waals surface area contributed by atoms with Gasteiger partial charge in [-0.1, -0.05) is 224 Å². The molecule has 1 spiro atoms. The molecule has 3 nitrogen and oxygen atoms in total. The summed E-state index contributed by atoms with van der Waals surface area (Å²) in [6.45, 7) is 0. The van der Waals surface area contributed by atoms with Gasteiger partial charge in [0, 0.05) is 17.5 Å². The average molecular weight is 868 g/mol. The van der Waals surface area contributed by atoms with E-state index in [9.17, 15) is 0 Å². The van der Waals surface area contributed by atoms with Crippen molar-refractivity contribution in [3.8, 4) is 44.5 Å². The van der Waals surface area contributed by atoms with Crippen molar-refractivity contribution < 1.29 is 0 Å². The minimum Gasteiger partial charge on any atom is -0.310 e. The van der Waals surface area contributed by atoms with E-state index in [2.05, 4.69) is 199 Å². The fourth-order valence-corrected chi connectivity index (χ4v) is 10.4. The van der Waals surface area contributed by atoms with Gasteiger partial charge in [0.15, 0.2) is 0 Å². The molecule has 1 heterocycles. The third-order valence-corrected chi connectivity index (χ3v) is 13.6. The summed E-state index contributed by atoms with van der Waals surface area (Å²) < 4.78 is 0. The lowest BCUT2D eigenvalue weighted by Gasteiger charge is -2.45. The molecule has 1 N–H and O–H groups in total. The van der Waals surface area contributed by atoms with Gasteiger partial charge in [-0.2, -0.15) is 0 Å². The Morgan fingerprint density at radius 1 is 0.382 bits per heavy atom. The van der Waals surface area contributed by atoms with Crippen LogP contribution in [-0.2, 0) is 5.41 Å². The van der Waals surface area contributed by atoms with Gasteiger partial charge < -0.3 is 10.3 Å². The molecule has 0 saturated heterocycles. The van der Waals surface area contributed by atoms with Gasteiger partial charge in [0.25, 0.3) is 0 Å². The number of benzene rings is 10. The van der Waals surface area contributed by atoms with Gasteiger partial charge in [-0.25, -0.2) is 0 Å². The number of para-hydroxylation sites is 3. The maximum absolute atomic E-state index is 9.00. The fourth-order valence-electron chi connectivity index (χ4n) is 10.4. The van der Waals surface area contributed by atoms with Gasteiger partial charge in [-0.3, -0.25) is 4.99 Å². The van der Waals surface area contributed by atoms with Crippen molar-refractivity contribution in [2.45, 2.75) is 5.41 Å². The molecule has 10 aromatic rings. The van der Waals surface area contributed by atoms with Crippen molar-refractivity contribution in [3.05, 3.63) is 300 Å². The number of anilines is 3. The second-order valence-electron chi connectivity index (χ2n) is 17.5. The molecule has 12 rings (SSSR count). The van der Waals surface area contributed by atoms with E-state index in [1.54, 1.807) is 0 Å². The van der Waals surface area contributed by atoms with Crippen molar-refractivity contribution in [1.29, 1.82) is 5.41 Å². The highest BCUT2D eigenvalue weighted by atomic mass is 15.2. The van der Waals surface area contributed by atoms with Crippen LogP contribution in [0.15, 0.2) is 266 Å². The molecule has 10 aromatic carbocycles. The Balaban J connectivity index is 0.842. The summed E-state index contributed by atoms with van der Waals surface area (Å²) in [6, 6.07) is 90.8. The quantitative estimate of drug-likeness (QED) is 0.144. The third kappa shape index (κ3) is 7.01. The fraction of sp³-hybridized carbons (Fsp3) is 0.0154. The maximum Gasteiger partial charge on any atom is 0.0754 e. The van der Waals surface area contributed by atoms with E-state index in [0.29, 0.717) is 5.71 Å². The Morgan fingerprint density at radius 3 is 1.47 bits per heavy atom. The molecular weight excluding hydrogens is 823 g/mol. The van der Waals surface area contributed by atoms with Crippen LogP contribution >= 0.6 is 0 Å². The molecule has 2 aliphatic rings. The van der Waals surface area contributed by atoms with E-state index < -0.39 is 5.41 Å². The van der Waals surface area contributed by atoms with Crippen LogP contribution in [-0.4, -0.2) is 11.9 Å². The molecule has 1 aliphatic carbocycles. The first kappa shape index (κ1) is 40.6. The van der Waals surface area contributed by atoms with Crippen LogP contribution in [0.4, 0.5) is 17.1 Å². The maximum atomic E-state index is 9.00. The lowest BCUT2D eigenvalue weighted by molar-refractivity contribution is 0.753. The largest absolute Gasteiger partial charge is 0.310 e. The van der Waals surface area contributed by atoms with Gasteiger partial charge in [0.1, 0.15) is 0 Å². The van der Waals surface area contributed by atoms with Crippen LogP contribution in [0.2, 0.25) is 0 Å². The standard InChI is InChI=1S/C65H45N3/c66-61(51-38-36-48(37-39-51)46-16-4-1-5-17-46)43-62(52-18-6-2-7-19-52)67-44-45-28-30-47(31-29-45)49-32-34-50(35-33-49)53-40-41-56-55-22-10-11-23-57(55)65(60(56)42-53)58-24-12-14-26-63(58)68(54-20-8-3-9-21-54)64-27-15-13-25-59(64)65/h1-44,66H/b62-43-,66-61?,67-44+. The van der Waals surface area contributed by atoms with E-state index in [-0.39, 0.29) is 0 Å². The molecule has 0 atom stereocenters. The molecule has 0 amide bonds. The first-order chi connectivity index (χ1) is 33.6. The van der Waals surface area contributed by atoms with Crippen LogP contribution in [0.3, 0.4) is 0 Å². The Bertz CT molecular complexity index is 3490. The van der Waals surface area contributed by atoms with E-state index in [0.717, 1.165) is 50.3 Å². The zero-order valence-electron chi connectivity index (χ0n) is 37.3. The number of hydrogen-bond donors (Lipinski definition) is 1. The molecule has 0 saturated carbocycles. The van der Waals surface area contributed by atoms with Crippen molar-refractivity contribution in [2.24, 2.45) is 4.99 Å². The smallest absolute Gasteiger partial charge is 0.0754 e. The highest BCUT2D eigenvalue weighted by molar-refractivity contribution is 6.11. The Labute approximate surface area is 397 Å². The third-order valence-electron chi connectivity index (χ3n) is 13.6. The molecular formula is C65H45N3. The zero-order chi connectivity index (χ0) is 45.4. The summed E-state index contributed by atoms with van der Waals surface area (Å²) in [4.78, 5) is 7.38. The summed E-state index contributed by atoms with van der Waals surface area (Å²) in [5, 5.41) is 9.00. The highest BCUT2D eigenvalue weighted by Crippen LogP contribution is 2.63. The molecule has 0 unspecified atom stereocenters. The predicted octanol–water partition coefficient (Wildman–Crippen LogP) is 16.4. The van der Waals surface area contributed by atoms with Crippen LogP contribution in [0.25, 0.3) is 50.2 Å². The molecule has 68 heavy (non-hydrogen) atoms. The predicted molar refractivity (Wildman–Crippen MR) is 284 cm³/mol. The van der Waals surface area contributed by atoms with Crippen LogP contribution in [0.5, 0.6) is 0 Å². The van der Waals surface area contributed by atoms with Crippen molar-refractivity contribution >= 4 is 34.7 Å². The SMILES string of the molecule is N=C(/C=C(\N=C\c1ccc(-c2ccc(-c3ccc4c(c3)C3(c5ccccc5-4)c4ccccc4N(c4ccccc4)c4ccccc43)cc2)cc1)c1ccccc1)c1ccc(-c2ccccc2)cc1. The highest BCUT2D eigenvalue weighted by Gasteiger charge is 2.51. The summed E-state index contributed by atoms with van der Waals surface area (Å²) in [5.41, 5.74) is 21.6. The van der Waals surface area contributed by atoms with Gasteiger partial charge >= 0.3 is 0 Å². The van der Waals surface area contributed by atoms with Gasteiger partial charge in [-0.05, 0) is 114 Å². The van der Waals surface area contributed by atoms with Crippen LogP contribution in [0, 0.1) is 5.41 Å². The minimum atomic E-state index is -0.500. The second kappa shape index (κ2) is 17.1. The normalized spacial score (nSPS) is 13.2. The van der Waals surface area contributed by atoms with E-state index >= 15 is 0 Å². The van der Waals surface area contributed by atoms with Crippen LogP contribution < -0.4 is 4.90 Å². The summed E-state index contributed by atoms with van der Waals surface area (Å²) in [6.07, 6.45) is 3.74. The number of allylic oxidation sites excluding steroid dienone is 1. The van der Waals surface area contributed by atoms with Gasteiger partial charge in [0.05, 0.1) is 28.2 Å². The van der Waals surface area contributed by atoms with Gasteiger partial charge in [-0.15, -0.1) is 0 Å². The van der Waals surface area contributed by atoms with Crippen LogP contribution in [0.1, 0.15) is 38.9 Å². The van der Waals surface area contributed by atoms with E-state index in [1.807, 2.05) is 73.0 Å². The molecule has 1 aliphatic heterocycles. The molecule has 0 aromatic heterocycles. The average Bonchev–Trinajstić information content (AvgIpc) is 3.71. The van der Waals surface area contributed by atoms with Crippen molar-refractivity contribution in [2.75, 3.05) is 4.90 Å². The number of rotatable bonds is 9. The molecule has 320 valence electrons. The Hall–Kier alpha value is -8.92. The summed E-state index contributed by atoms with van der Waals surface area (Å²) >= 11 is 0. The van der Waals surface area contributed by atoms with Crippen molar-refractivity contribution in [3.63, 3.8) is 0 Å². The second-order valence-corrected chi connectivity index (χ2v) is 17.5. The lowest BCUT2D eigenvalue weighted by atomic mass is 9.64. The minimum absolute atomic E-state index is 0.406. The Morgan fingerprint density at radius 2 is 0.838 bits per heavy atom. The van der Waals surface area contributed by atoms with E-state index in [4.69, 9.17) is 10.4 Å². The molecule has 0 radical (unpaired) electrons. The topological polar surface area (TPSA) is 39.5 Å². The summed E-state index contributed by atoms with van der Waals surface area (Å²) in [7, 11) is 0.